The van der Waals surface area contributed by atoms with Crippen LogP contribution in [0.15, 0.2) is 36.7 Å². The number of aliphatic hydroxyl groups excluding tert-OH is 1. The van der Waals surface area contributed by atoms with Gasteiger partial charge in [0.2, 0.25) is 0 Å². The molecule has 0 aromatic carbocycles. The molecule has 0 aliphatic heterocycles. The molecular weight excluding hydrogens is 353 g/mol. The number of aromatic nitrogens is 4. The second kappa shape index (κ2) is 5.50. The number of hydrogen-bond acceptors (Lipinski definition) is 5. The SMILES string of the molecule is Cn1cc2cc(-c3ccc4cc([C@@H](O)C(F)(F)F)sc4n3)cnc2n1. The molecule has 5 nitrogen and oxygen atoms in total. The molecule has 4 heterocycles. The van der Waals surface area contributed by atoms with Gasteiger partial charge in [-0.25, -0.2) is 9.97 Å². The number of thiophene rings is 1. The zero-order valence-electron chi connectivity index (χ0n) is 12.8. The number of halogens is 3. The van der Waals surface area contributed by atoms with E-state index in [4.69, 9.17) is 0 Å². The Morgan fingerprint density at radius 3 is 2.76 bits per heavy atom. The van der Waals surface area contributed by atoms with Crippen LogP contribution >= 0.6 is 11.3 Å². The Kier molecular flexibility index (Phi) is 3.51. The quantitative estimate of drug-likeness (QED) is 0.587. The summed E-state index contributed by atoms with van der Waals surface area (Å²) >= 11 is 0.831. The van der Waals surface area contributed by atoms with E-state index in [2.05, 4.69) is 15.1 Å². The molecule has 25 heavy (non-hydrogen) atoms. The summed E-state index contributed by atoms with van der Waals surface area (Å²) < 4.78 is 39.7. The van der Waals surface area contributed by atoms with E-state index in [1.54, 1.807) is 30.1 Å². The lowest BCUT2D eigenvalue weighted by atomic mass is 10.1. The van der Waals surface area contributed by atoms with Crippen molar-refractivity contribution in [1.29, 1.82) is 0 Å². The number of rotatable bonds is 2. The molecule has 1 atom stereocenters. The van der Waals surface area contributed by atoms with Crippen LogP contribution < -0.4 is 0 Å². The molecule has 4 aromatic rings. The second-order valence-corrected chi connectivity index (χ2v) is 6.69. The molecular formula is C16H11F3N4OS. The molecule has 9 heteroatoms. The third-order valence-corrected chi connectivity index (χ3v) is 4.85. The number of hydrogen-bond donors (Lipinski definition) is 1. The Labute approximate surface area is 143 Å². The Morgan fingerprint density at radius 1 is 1.20 bits per heavy atom. The van der Waals surface area contributed by atoms with Gasteiger partial charge in [-0.3, -0.25) is 4.68 Å². The van der Waals surface area contributed by atoms with E-state index < -0.39 is 12.3 Å². The van der Waals surface area contributed by atoms with Crippen LogP contribution in [0.3, 0.4) is 0 Å². The molecule has 0 aliphatic carbocycles. The monoisotopic (exact) mass is 364 g/mol. The maximum absolute atomic E-state index is 12.7. The molecule has 0 bridgehead atoms. The van der Waals surface area contributed by atoms with Crippen LogP contribution in [0, 0.1) is 0 Å². The highest BCUT2D eigenvalue weighted by atomic mass is 32.1. The fraction of sp³-hybridized carbons (Fsp3) is 0.188. The van der Waals surface area contributed by atoms with Crippen molar-refractivity contribution in [2.45, 2.75) is 12.3 Å². The first kappa shape index (κ1) is 16.0. The highest BCUT2D eigenvalue weighted by Crippen LogP contribution is 2.38. The Bertz CT molecular complexity index is 1090. The van der Waals surface area contributed by atoms with Gasteiger partial charge in [-0.2, -0.15) is 18.3 Å². The lowest BCUT2D eigenvalue weighted by Crippen LogP contribution is -2.18. The van der Waals surface area contributed by atoms with Gasteiger partial charge in [0.05, 0.1) is 5.69 Å². The fourth-order valence-corrected chi connectivity index (χ4v) is 3.61. The summed E-state index contributed by atoms with van der Waals surface area (Å²) in [6.07, 6.45) is -3.74. The molecule has 0 spiro atoms. The first-order valence-corrected chi connectivity index (χ1v) is 8.08. The maximum Gasteiger partial charge on any atom is 0.419 e. The second-order valence-electron chi connectivity index (χ2n) is 5.62. The Hall–Kier alpha value is -2.52. The molecule has 4 rings (SSSR count). The van der Waals surface area contributed by atoms with Gasteiger partial charge < -0.3 is 5.11 Å². The number of aryl methyl sites for hydroxylation is 1. The van der Waals surface area contributed by atoms with Crippen molar-refractivity contribution in [3.63, 3.8) is 0 Å². The first-order valence-electron chi connectivity index (χ1n) is 7.26. The number of alkyl halides is 3. The molecule has 1 N–H and O–H groups in total. The van der Waals surface area contributed by atoms with Gasteiger partial charge >= 0.3 is 6.18 Å². The van der Waals surface area contributed by atoms with Crippen molar-refractivity contribution < 1.29 is 18.3 Å². The maximum atomic E-state index is 12.7. The zero-order chi connectivity index (χ0) is 17.8. The number of fused-ring (bicyclic) bond motifs is 2. The van der Waals surface area contributed by atoms with E-state index in [0.717, 1.165) is 22.3 Å². The third kappa shape index (κ3) is 2.85. The van der Waals surface area contributed by atoms with Crippen molar-refractivity contribution in [2.75, 3.05) is 0 Å². The molecule has 0 saturated heterocycles. The van der Waals surface area contributed by atoms with E-state index in [-0.39, 0.29) is 4.88 Å². The molecule has 4 aromatic heterocycles. The summed E-state index contributed by atoms with van der Waals surface area (Å²) in [5.41, 5.74) is 1.95. The van der Waals surface area contributed by atoms with Gasteiger partial charge in [0, 0.05) is 40.7 Å². The molecule has 128 valence electrons. The van der Waals surface area contributed by atoms with E-state index in [0.29, 0.717) is 21.6 Å². The summed E-state index contributed by atoms with van der Waals surface area (Å²) in [6, 6.07) is 6.60. The van der Waals surface area contributed by atoms with Gasteiger partial charge in [-0.1, -0.05) is 0 Å². The smallest absolute Gasteiger partial charge is 0.379 e. The van der Waals surface area contributed by atoms with Crippen LogP contribution in [0.4, 0.5) is 13.2 Å². The van der Waals surface area contributed by atoms with Gasteiger partial charge in [-0.15, -0.1) is 11.3 Å². The minimum absolute atomic E-state index is 0.173. The van der Waals surface area contributed by atoms with Crippen molar-refractivity contribution in [2.24, 2.45) is 7.05 Å². The van der Waals surface area contributed by atoms with E-state index in [1.165, 1.54) is 6.07 Å². The molecule has 0 aliphatic rings. The standard InChI is InChI=1S/C16H11F3N4OS/c1-23-7-10-4-9(6-20-14(10)22-23)11-3-2-8-5-12(25-15(8)21-11)13(24)16(17,18)19/h2-7,13,24H,1H3/t13-/m1/s1. The van der Waals surface area contributed by atoms with E-state index in [1.807, 2.05) is 12.3 Å². The molecule has 0 amide bonds. The lowest BCUT2D eigenvalue weighted by molar-refractivity contribution is -0.205. The van der Waals surface area contributed by atoms with Crippen LogP contribution in [0.2, 0.25) is 0 Å². The number of pyridine rings is 2. The average molecular weight is 364 g/mol. The minimum atomic E-state index is -4.70. The minimum Gasteiger partial charge on any atom is -0.379 e. The normalized spacial score (nSPS) is 13.6. The van der Waals surface area contributed by atoms with Gasteiger partial charge in [0.1, 0.15) is 4.83 Å². The van der Waals surface area contributed by atoms with Crippen molar-refractivity contribution >= 4 is 32.6 Å². The van der Waals surface area contributed by atoms with Crippen LogP contribution in [-0.4, -0.2) is 31.0 Å². The summed E-state index contributed by atoms with van der Waals surface area (Å²) in [5, 5.41) is 15.0. The van der Waals surface area contributed by atoms with Crippen molar-refractivity contribution in [1.82, 2.24) is 19.7 Å². The van der Waals surface area contributed by atoms with Crippen LogP contribution in [-0.2, 0) is 7.05 Å². The molecule has 0 fully saturated rings. The zero-order valence-corrected chi connectivity index (χ0v) is 13.6. The summed E-state index contributed by atoms with van der Waals surface area (Å²) in [6.45, 7) is 0. The van der Waals surface area contributed by atoms with Crippen LogP contribution in [0.25, 0.3) is 32.5 Å². The summed E-state index contributed by atoms with van der Waals surface area (Å²) in [5.74, 6) is 0. The predicted octanol–water partition coefficient (Wildman–Crippen LogP) is 3.84. The van der Waals surface area contributed by atoms with E-state index in [9.17, 15) is 18.3 Å². The summed E-state index contributed by atoms with van der Waals surface area (Å²) in [7, 11) is 1.80. The van der Waals surface area contributed by atoms with Crippen molar-refractivity contribution in [3.8, 4) is 11.3 Å². The lowest BCUT2D eigenvalue weighted by Gasteiger charge is -2.11. The van der Waals surface area contributed by atoms with Crippen molar-refractivity contribution in [3.05, 3.63) is 41.5 Å². The highest BCUT2D eigenvalue weighted by Gasteiger charge is 2.40. The largest absolute Gasteiger partial charge is 0.419 e. The van der Waals surface area contributed by atoms with Gasteiger partial charge in [0.25, 0.3) is 0 Å². The Morgan fingerprint density at radius 2 is 2.00 bits per heavy atom. The number of nitrogens with zero attached hydrogens (tertiary/aromatic N) is 4. The average Bonchev–Trinajstić information content (AvgIpc) is 3.13. The molecule has 0 radical (unpaired) electrons. The summed E-state index contributed by atoms with van der Waals surface area (Å²) in [4.78, 5) is 8.94. The van der Waals surface area contributed by atoms with Crippen LogP contribution in [0.5, 0.6) is 0 Å². The predicted molar refractivity (Wildman–Crippen MR) is 88.1 cm³/mol. The number of aliphatic hydroxyl groups is 1. The molecule has 0 saturated carbocycles. The Balaban J connectivity index is 1.77. The molecule has 0 unspecified atom stereocenters. The van der Waals surface area contributed by atoms with Crippen LogP contribution in [0.1, 0.15) is 11.0 Å². The van der Waals surface area contributed by atoms with Gasteiger partial charge in [0.15, 0.2) is 11.8 Å². The highest BCUT2D eigenvalue weighted by molar-refractivity contribution is 7.18. The third-order valence-electron chi connectivity index (χ3n) is 3.75. The topological polar surface area (TPSA) is 63.8 Å². The van der Waals surface area contributed by atoms with Gasteiger partial charge in [-0.05, 0) is 24.3 Å². The first-order chi connectivity index (χ1) is 11.8. The fourth-order valence-electron chi connectivity index (χ4n) is 2.57. The van der Waals surface area contributed by atoms with E-state index >= 15 is 0 Å².